The Bertz CT molecular complexity index is 634. The molecule has 0 aliphatic heterocycles. The van der Waals surface area contributed by atoms with Crippen LogP contribution in [0.1, 0.15) is 13.8 Å². The molecule has 0 aliphatic rings. The van der Waals surface area contributed by atoms with E-state index >= 15 is 0 Å². The highest BCUT2D eigenvalue weighted by Gasteiger charge is 2.16. The third-order valence-electron chi connectivity index (χ3n) is 2.95. The molecule has 112 valence electrons. The van der Waals surface area contributed by atoms with E-state index in [0.29, 0.717) is 40.5 Å². The largest absolute Gasteiger partial charge is 0.369 e. The summed E-state index contributed by atoms with van der Waals surface area (Å²) in [5, 5.41) is 3.97. The molecule has 21 heavy (non-hydrogen) atoms. The van der Waals surface area contributed by atoms with E-state index in [2.05, 4.69) is 10.3 Å². The van der Waals surface area contributed by atoms with Crippen molar-refractivity contribution in [3.05, 3.63) is 46.2 Å². The van der Waals surface area contributed by atoms with Gasteiger partial charge in [0.1, 0.15) is 11.6 Å². The molecule has 1 heterocycles. The van der Waals surface area contributed by atoms with Crippen LogP contribution in [-0.4, -0.2) is 18.1 Å². The van der Waals surface area contributed by atoms with Crippen molar-refractivity contribution in [1.29, 1.82) is 0 Å². The summed E-state index contributed by atoms with van der Waals surface area (Å²) in [5.74, 6) is 0.807. The van der Waals surface area contributed by atoms with Crippen molar-refractivity contribution in [3.63, 3.8) is 0 Å². The highest BCUT2D eigenvalue weighted by Crippen LogP contribution is 2.35. The number of benzene rings is 1. The van der Waals surface area contributed by atoms with Gasteiger partial charge in [0, 0.05) is 18.8 Å². The Hall–Kier alpha value is -1.52. The lowest BCUT2D eigenvalue weighted by molar-refractivity contribution is 0.627. The number of nitrogens with zero attached hydrogens (tertiary/aromatic N) is 2. The first-order chi connectivity index (χ1) is 10.1. The first-order valence-electron chi connectivity index (χ1n) is 6.69. The molecular formula is C15H16Cl2FN3. The van der Waals surface area contributed by atoms with E-state index in [1.807, 2.05) is 24.8 Å². The standard InChI is InChI=1S/C15H16Cl2FN3/c1-3-19-14-12(16)9-13(17)15(20-14)21(4-2)11-7-5-6-10(18)8-11/h5-9H,3-4H2,1-2H3,(H,19,20). The monoisotopic (exact) mass is 327 g/mol. The summed E-state index contributed by atoms with van der Waals surface area (Å²) in [5.41, 5.74) is 0.691. The second-order valence-corrected chi connectivity index (χ2v) is 5.19. The predicted molar refractivity (Wildman–Crippen MR) is 87.5 cm³/mol. The van der Waals surface area contributed by atoms with Crippen molar-refractivity contribution in [2.45, 2.75) is 13.8 Å². The second-order valence-electron chi connectivity index (χ2n) is 4.38. The van der Waals surface area contributed by atoms with E-state index in [4.69, 9.17) is 23.2 Å². The van der Waals surface area contributed by atoms with Crippen LogP contribution in [0.3, 0.4) is 0 Å². The number of halogens is 3. The van der Waals surface area contributed by atoms with Gasteiger partial charge in [-0.2, -0.15) is 0 Å². The van der Waals surface area contributed by atoms with Gasteiger partial charge in [0.2, 0.25) is 0 Å². The fraction of sp³-hybridized carbons (Fsp3) is 0.267. The molecule has 0 unspecified atom stereocenters. The van der Waals surface area contributed by atoms with Crippen molar-refractivity contribution >= 4 is 40.5 Å². The van der Waals surface area contributed by atoms with Crippen LogP contribution < -0.4 is 10.2 Å². The molecule has 0 radical (unpaired) electrons. The molecular weight excluding hydrogens is 312 g/mol. The number of rotatable bonds is 5. The number of hydrogen-bond donors (Lipinski definition) is 1. The first-order valence-corrected chi connectivity index (χ1v) is 7.45. The summed E-state index contributed by atoms with van der Waals surface area (Å²) in [6.45, 7) is 5.20. The Kier molecular flexibility index (Phi) is 5.26. The van der Waals surface area contributed by atoms with Crippen LogP contribution >= 0.6 is 23.2 Å². The third kappa shape index (κ3) is 3.57. The number of anilines is 3. The van der Waals surface area contributed by atoms with Crippen LogP contribution in [0.25, 0.3) is 0 Å². The van der Waals surface area contributed by atoms with Crippen LogP contribution in [0.4, 0.5) is 21.7 Å². The minimum atomic E-state index is -0.303. The molecule has 0 bridgehead atoms. The van der Waals surface area contributed by atoms with Crippen LogP contribution in [0, 0.1) is 5.82 Å². The molecule has 0 fully saturated rings. The minimum absolute atomic E-state index is 0.303. The number of pyridine rings is 1. The van der Waals surface area contributed by atoms with Crippen LogP contribution in [0.15, 0.2) is 30.3 Å². The first kappa shape index (κ1) is 15.9. The highest BCUT2D eigenvalue weighted by molar-refractivity contribution is 6.37. The minimum Gasteiger partial charge on any atom is -0.369 e. The molecule has 0 saturated heterocycles. The molecule has 1 aromatic heterocycles. The number of hydrogen-bond acceptors (Lipinski definition) is 3. The molecule has 2 aromatic rings. The maximum absolute atomic E-state index is 13.4. The van der Waals surface area contributed by atoms with E-state index in [1.165, 1.54) is 12.1 Å². The maximum atomic E-state index is 13.4. The van der Waals surface area contributed by atoms with Crippen molar-refractivity contribution in [1.82, 2.24) is 4.98 Å². The van der Waals surface area contributed by atoms with Crippen LogP contribution in [-0.2, 0) is 0 Å². The predicted octanol–water partition coefficient (Wildman–Crippen LogP) is 5.12. The summed E-state index contributed by atoms with van der Waals surface area (Å²) in [7, 11) is 0. The summed E-state index contributed by atoms with van der Waals surface area (Å²) >= 11 is 12.4. The lowest BCUT2D eigenvalue weighted by Gasteiger charge is -2.24. The Balaban J connectivity index is 2.49. The van der Waals surface area contributed by atoms with Crippen molar-refractivity contribution in [2.24, 2.45) is 0 Å². The zero-order chi connectivity index (χ0) is 15.4. The lowest BCUT2D eigenvalue weighted by Crippen LogP contribution is -2.18. The summed E-state index contributed by atoms with van der Waals surface area (Å²) in [6.07, 6.45) is 0. The Morgan fingerprint density at radius 1 is 1.19 bits per heavy atom. The summed E-state index contributed by atoms with van der Waals surface area (Å²) in [4.78, 5) is 6.30. The molecule has 0 amide bonds. The fourth-order valence-corrected chi connectivity index (χ4v) is 2.56. The number of nitrogens with one attached hydrogen (secondary N) is 1. The summed E-state index contributed by atoms with van der Waals surface area (Å²) in [6, 6.07) is 7.96. The van der Waals surface area contributed by atoms with Gasteiger partial charge in [0.15, 0.2) is 5.82 Å². The van der Waals surface area contributed by atoms with Gasteiger partial charge in [0.25, 0.3) is 0 Å². The van der Waals surface area contributed by atoms with Crippen molar-refractivity contribution < 1.29 is 4.39 Å². The van der Waals surface area contributed by atoms with Crippen LogP contribution in [0.5, 0.6) is 0 Å². The molecule has 2 rings (SSSR count). The molecule has 6 heteroatoms. The van der Waals surface area contributed by atoms with Gasteiger partial charge < -0.3 is 10.2 Å². The van der Waals surface area contributed by atoms with E-state index in [1.54, 1.807) is 12.1 Å². The maximum Gasteiger partial charge on any atom is 0.154 e. The van der Waals surface area contributed by atoms with Crippen molar-refractivity contribution in [3.8, 4) is 0 Å². The molecule has 0 aliphatic carbocycles. The second kappa shape index (κ2) is 6.96. The highest BCUT2D eigenvalue weighted by atomic mass is 35.5. The Morgan fingerprint density at radius 3 is 2.57 bits per heavy atom. The van der Waals surface area contributed by atoms with E-state index in [0.717, 1.165) is 0 Å². The SMILES string of the molecule is CCNc1nc(N(CC)c2cccc(F)c2)c(Cl)cc1Cl. The van der Waals surface area contributed by atoms with Gasteiger partial charge in [-0.3, -0.25) is 0 Å². The molecule has 0 spiro atoms. The third-order valence-corrected chi connectivity index (χ3v) is 3.51. The zero-order valence-corrected chi connectivity index (χ0v) is 13.3. The van der Waals surface area contributed by atoms with Gasteiger partial charge in [-0.25, -0.2) is 9.37 Å². The topological polar surface area (TPSA) is 28.2 Å². The van der Waals surface area contributed by atoms with Gasteiger partial charge in [-0.1, -0.05) is 29.3 Å². The fourth-order valence-electron chi connectivity index (χ4n) is 2.04. The van der Waals surface area contributed by atoms with E-state index in [9.17, 15) is 4.39 Å². The lowest BCUT2D eigenvalue weighted by atomic mass is 10.2. The molecule has 0 saturated carbocycles. The van der Waals surface area contributed by atoms with Gasteiger partial charge >= 0.3 is 0 Å². The smallest absolute Gasteiger partial charge is 0.154 e. The Morgan fingerprint density at radius 2 is 1.95 bits per heavy atom. The van der Waals surface area contributed by atoms with E-state index < -0.39 is 0 Å². The summed E-state index contributed by atoms with van der Waals surface area (Å²) < 4.78 is 13.4. The Labute approximate surface area is 133 Å². The zero-order valence-electron chi connectivity index (χ0n) is 11.8. The molecule has 3 nitrogen and oxygen atoms in total. The molecule has 1 aromatic carbocycles. The van der Waals surface area contributed by atoms with E-state index in [-0.39, 0.29) is 5.82 Å². The van der Waals surface area contributed by atoms with Crippen LogP contribution in [0.2, 0.25) is 10.0 Å². The normalized spacial score (nSPS) is 10.5. The molecule has 1 N–H and O–H groups in total. The van der Waals surface area contributed by atoms with Gasteiger partial charge in [-0.05, 0) is 38.1 Å². The average molecular weight is 328 g/mol. The van der Waals surface area contributed by atoms with Gasteiger partial charge in [-0.15, -0.1) is 0 Å². The number of aromatic nitrogens is 1. The molecule has 0 atom stereocenters. The average Bonchev–Trinajstić information content (AvgIpc) is 2.44. The van der Waals surface area contributed by atoms with Crippen molar-refractivity contribution in [2.75, 3.05) is 23.3 Å². The quantitative estimate of drug-likeness (QED) is 0.826. The van der Waals surface area contributed by atoms with Gasteiger partial charge in [0.05, 0.1) is 10.0 Å².